The second-order valence-corrected chi connectivity index (χ2v) is 5.17. The summed E-state index contributed by atoms with van der Waals surface area (Å²) in [5.41, 5.74) is 1.70. The molecule has 1 aromatic heterocycles. The van der Waals surface area contributed by atoms with Crippen LogP contribution >= 0.6 is 15.9 Å². The van der Waals surface area contributed by atoms with Crippen LogP contribution in [0.15, 0.2) is 73.5 Å². The predicted molar refractivity (Wildman–Crippen MR) is 83.9 cm³/mol. The van der Waals surface area contributed by atoms with Gasteiger partial charge in [0.1, 0.15) is 11.8 Å². The van der Waals surface area contributed by atoms with E-state index < -0.39 is 0 Å². The van der Waals surface area contributed by atoms with Crippen molar-refractivity contribution in [3.05, 3.63) is 75.1 Å². The van der Waals surface area contributed by atoms with Crippen LogP contribution in [0.25, 0.3) is 11.0 Å². The molecule has 4 heteroatoms. The van der Waals surface area contributed by atoms with Crippen molar-refractivity contribution in [3.8, 4) is 0 Å². The van der Waals surface area contributed by atoms with Gasteiger partial charge >= 0.3 is 0 Å². The van der Waals surface area contributed by atoms with Crippen LogP contribution in [-0.4, -0.2) is 6.21 Å². The third-order valence-corrected chi connectivity index (χ3v) is 3.36. The number of halogens is 1. The first-order valence-electron chi connectivity index (χ1n) is 6.04. The van der Waals surface area contributed by atoms with Crippen LogP contribution < -0.4 is 5.43 Å². The van der Waals surface area contributed by atoms with Crippen LogP contribution in [0, 0.1) is 0 Å². The van der Waals surface area contributed by atoms with Crippen molar-refractivity contribution in [1.82, 2.24) is 0 Å². The second kappa shape index (κ2) is 5.43. The second-order valence-electron chi connectivity index (χ2n) is 4.25. The minimum atomic E-state index is -0.0905. The molecule has 20 heavy (non-hydrogen) atoms. The van der Waals surface area contributed by atoms with Crippen LogP contribution in [-0.2, 0) is 0 Å². The molecular weight excluding hydrogens is 318 g/mol. The number of nitrogens with zero attached hydrogens (tertiary/aromatic N) is 1. The van der Waals surface area contributed by atoms with E-state index in [0.717, 1.165) is 10.2 Å². The molecule has 3 nitrogen and oxygen atoms in total. The summed E-state index contributed by atoms with van der Waals surface area (Å²) in [7, 11) is 0. The molecule has 98 valence electrons. The largest absolute Gasteiger partial charge is 0.463 e. The third-order valence-electron chi connectivity index (χ3n) is 2.87. The Labute approximate surface area is 123 Å². The molecule has 0 N–H and O–H groups in total. The number of aliphatic imine (C=N–C) groups is 1. The maximum atomic E-state index is 12.3. The number of benzene rings is 2. The molecule has 3 rings (SSSR count). The molecule has 0 unspecified atom stereocenters. The molecule has 2 aromatic carbocycles. The molecule has 0 saturated heterocycles. The van der Waals surface area contributed by atoms with Gasteiger partial charge in [0.2, 0.25) is 5.43 Å². The number of fused-ring (bicyclic) bond motifs is 1. The van der Waals surface area contributed by atoms with Gasteiger partial charge in [-0.05, 0) is 30.3 Å². The zero-order chi connectivity index (χ0) is 13.9. The number of hydrogen-bond donors (Lipinski definition) is 0. The quantitative estimate of drug-likeness (QED) is 0.658. The molecule has 0 fully saturated rings. The Kier molecular flexibility index (Phi) is 3.48. The summed E-state index contributed by atoms with van der Waals surface area (Å²) in [6.45, 7) is 0. The first kappa shape index (κ1) is 12.8. The molecule has 0 aliphatic carbocycles. The SMILES string of the molecule is O=c1c(C=Nc2ccccc2)coc2ccc(Br)cc12. The van der Waals surface area contributed by atoms with Gasteiger partial charge in [-0.15, -0.1) is 0 Å². The molecule has 0 bridgehead atoms. The molecule has 0 radical (unpaired) electrons. The summed E-state index contributed by atoms with van der Waals surface area (Å²) in [6.07, 6.45) is 2.96. The van der Waals surface area contributed by atoms with Gasteiger partial charge in [-0.25, -0.2) is 0 Å². The number of rotatable bonds is 2. The lowest BCUT2D eigenvalue weighted by atomic mass is 10.2. The predicted octanol–water partition coefficient (Wildman–Crippen LogP) is 4.31. The Morgan fingerprint density at radius 2 is 1.90 bits per heavy atom. The first-order chi connectivity index (χ1) is 9.74. The molecular formula is C16H10BrNO2. The summed E-state index contributed by atoms with van der Waals surface area (Å²) in [4.78, 5) is 16.6. The Morgan fingerprint density at radius 1 is 1.10 bits per heavy atom. The highest BCUT2D eigenvalue weighted by Crippen LogP contribution is 2.17. The van der Waals surface area contributed by atoms with Crippen molar-refractivity contribution in [1.29, 1.82) is 0 Å². The van der Waals surface area contributed by atoms with E-state index in [-0.39, 0.29) is 5.43 Å². The van der Waals surface area contributed by atoms with Gasteiger partial charge in [0.15, 0.2) is 0 Å². The van der Waals surface area contributed by atoms with E-state index in [1.54, 1.807) is 12.1 Å². The van der Waals surface area contributed by atoms with Gasteiger partial charge < -0.3 is 4.42 Å². The van der Waals surface area contributed by atoms with Gasteiger partial charge in [-0.2, -0.15) is 0 Å². The Balaban J connectivity index is 2.07. The van der Waals surface area contributed by atoms with Crippen molar-refractivity contribution in [3.63, 3.8) is 0 Å². The van der Waals surface area contributed by atoms with E-state index >= 15 is 0 Å². The van der Waals surface area contributed by atoms with E-state index in [1.807, 2.05) is 36.4 Å². The van der Waals surface area contributed by atoms with Crippen molar-refractivity contribution in [2.45, 2.75) is 0 Å². The van der Waals surface area contributed by atoms with Crippen LogP contribution in [0.2, 0.25) is 0 Å². The summed E-state index contributed by atoms with van der Waals surface area (Å²) < 4.78 is 6.30. The van der Waals surface area contributed by atoms with Gasteiger partial charge in [0.05, 0.1) is 16.6 Å². The van der Waals surface area contributed by atoms with Gasteiger partial charge in [-0.3, -0.25) is 9.79 Å². The van der Waals surface area contributed by atoms with Gasteiger partial charge in [0.25, 0.3) is 0 Å². The number of para-hydroxylation sites is 1. The minimum Gasteiger partial charge on any atom is -0.463 e. The zero-order valence-electron chi connectivity index (χ0n) is 10.4. The lowest BCUT2D eigenvalue weighted by Crippen LogP contribution is -2.07. The highest BCUT2D eigenvalue weighted by molar-refractivity contribution is 9.10. The fourth-order valence-corrected chi connectivity index (χ4v) is 2.23. The smallest absolute Gasteiger partial charge is 0.201 e. The van der Waals surface area contributed by atoms with E-state index in [1.165, 1.54) is 12.5 Å². The van der Waals surface area contributed by atoms with Gasteiger partial charge in [0, 0.05) is 10.7 Å². The van der Waals surface area contributed by atoms with Crippen molar-refractivity contribution in [2.75, 3.05) is 0 Å². The minimum absolute atomic E-state index is 0.0905. The topological polar surface area (TPSA) is 42.6 Å². The highest BCUT2D eigenvalue weighted by Gasteiger charge is 2.05. The fourth-order valence-electron chi connectivity index (χ4n) is 1.87. The summed E-state index contributed by atoms with van der Waals surface area (Å²) in [5.74, 6) is 0. The van der Waals surface area contributed by atoms with E-state index in [0.29, 0.717) is 16.5 Å². The van der Waals surface area contributed by atoms with Crippen molar-refractivity contribution in [2.24, 2.45) is 4.99 Å². The van der Waals surface area contributed by atoms with Crippen LogP contribution in [0.4, 0.5) is 5.69 Å². The average Bonchev–Trinajstić information content (AvgIpc) is 2.48. The van der Waals surface area contributed by atoms with Crippen LogP contribution in [0.1, 0.15) is 5.56 Å². The maximum Gasteiger partial charge on any atom is 0.201 e. The molecule has 0 aliphatic heterocycles. The summed E-state index contributed by atoms with van der Waals surface area (Å²) >= 11 is 3.35. The maximum absolute atomic E-state index is 12.3. The van der Waals surface area contributed by atoms with E-state index in [9.17, 15) is 4.79 Å². The van der Waals surface area contributed by atoms with Crippen molar-refractivity contribution >= 4 is 38.8 Å². The standard InChI is InChI=1S/C16H10BrNO2/c17-12-6-7-15-14(8-12)16(19)11(10-20-15)9-18-13-4-2-1-3-5-13/h1-10H. The molecule has 0 amide bonds. The fraction of sp³-hybridized carbons (Fsp3) is 0. The summed E-state index contributed by atoms with van der Waals surface area (Å²) in [6, 6.07) is 14.8. The van der Waals surface area contributed by atoms with Crippen molar-refractivity contribution < 1.29 is 4.42 Å². The lowest BCUT2D eigenvalue weighted by molar-refractivity contribution is 0.601. The molecule has 0 saturated carbocycles. The lowest BCUT2D eigenvalue weighted by Gasteiger charge is -1.99. The van der Waals surface area contributed by atoms with Crippen LogP contribution in [0.3, 0.4) is 0 Å². The Morgan fingerprint density at radius 3 is 2.70 bits per heavy atom. The highest BCUT2D eigenvalue weighted by atomic mass is 79.9. The monoisotopic (exact) mass is 327 g/mol. The number of hydrogen-bond acceptors (Lipinski definition) is 3. The molecule has 0 spiro atoms. The van der Waals surface area contributed by atoms with Crippen LogP contribution in [0.5, 0.6) is 0 Å². The molecule has 3 aromatic rings. The molecule has 1 heterocycles. The molecule has 0 aliphatic rings. The van der Waals surface area contributed by atoms with E-state index in [4.69, 9.17) is 4.42 Å². The molecule has 0 atom stereocenters. The Bertz CT molecular complexity index is 838. The normalized spacial score (nSPS) is 11.2. The van der Waals surface area contributed by atoms with Gasteiger partial charge in [-0.1, -0.05) is 34.1 Å². The third kappa shape index (κ3) is 2.56. The zero-order valence-corrected chi connectivity index (χ0v) is 12.0. The van der Waals surface area contributed by atoms with E-state index in [2.05, 4.69) is 20.9 Å². The average molecular weight is 328 g/mol. The summed E-state index contributed by atoms with van der Waals surface area (Å²) in [5, 5.41) is 0.538. The Hall–Kier alpha value is -2.20. The first-order valence-corrected chi connectivity index (χ1v) is 6.83.